The second kappa shape index (κ2) is 3.73. The normalized spacial score (nSPS) is 22.0. The van der Waals surface area contributed by atoms with Gasteiger partial charge in [-0.1, -0.05) is 15.9 Å². The third-order valence-electron chi connectivity index (χ3n) is 2.49. The number of hydrogen-bond acceptors (Lipinski definition) is 2. The van der Waals surface area contributed by atoms with E-state index in [0.717, 1.165) is 18.8 Å². The maximum Gasteiger partial charge on any atom is 0.236 e. The Morgan fingerprint density at radius 3 is 3.00 bits per heavy atom. The first kappa shape index (κ1) is 9.71. The minimum Gasteiger partial charge on any atom is -0.337 e. The van der Waals surface area contributed by atoms with E-state index in [9.17, 15) is 4.79 Å². The van der Waals surface area contributed by atoms with E-state index in [1.54, 1.807) is 6.20 Å². The van der Waals surface area contributed by atoms with Crippen LogP contribution in [0.15, 0.2) is 12.4 Å². The summed E-state index contributed by atoms with van der Waals surface area (Å²) in [6.45, 7) is 1.44. The van der Waals surface area contributed by atoms with E-state index in [4.69, 9.17) is 0 Å². The summed E-state index contributed by atoms with van der Waals surface area (Å²) in [7, 11) is 1.94. The van der Waals surface area contributed by atoms with Crippen molar-refractivity contribution < 1.29 is 4.79 Å². The van der Waals surface area contributed by atoms with Gasteiger partial charge < -0.3 is 9.47 Å². The van der Waals surface area contributed by atoms with E-state index in [0.29, 0.717) is 6.54 Å². The zero-order valence-corrected chi connectivity index (χ0v) is 9.57. The molecule has 2 rings (SSSR count). The van der Waals surface area contributed by atoms with Gasteiger partial charge in [0.15, 0.2) is 0 Å². The molecule has 2 heterocycles. The molecule has 0 bridgehead atoms. The molecule has 5 heteroatoms. The Morgan fingerprint density at radius 2 is 2.50 bits per heavy atom. The minimum atomic E-state index is 0.00256. The van der Waals surface area contributed by atoms with E-state index in [-0.39, 0.29) is 10.7 Å². The van der Waals surface area contributed by atoms with E-state index < -0.39 is 0 Å². The standard InChI is InChI=1S/C9H12BrN3O/c1-12-5-3-11-8(12)6-13-4-2-7(10)9(13)14/h3,5,7H,2,4,6H2,1H3. The van der Waals surface area contributed by atoms with Crippen LogP contribution in [0.3, 0.4) is 0 Å². The number of alkyl halides is 1. The van der Waals surface area contributed by atoms with E-state index >= 15 is 0 Å². The number of nitrogens with zero attached hydrogens (tertiary/aromatic N) is 3. The summed E-state index contributed by atoms with van der Waals surface area (Å²) in [5.74, 6) is 1.10. The van der Waals surface area contributed by atoms with Crippen LogP contribution in [0.25, 0.3) is 0 Å². The molecule has 0 aliphatic carbocycles. The Labute approximate surface area is 91.0 Å². The third kappa shape index (κ3) is 1.68. The summed E-state index contributed by atoms with van der Waals surface area (Å²) >= 11 is 3.35. The van der Waals surface area contributed by atoms with Crippen molar-refractivity contribution in [3.05, 3.63) is 18.2 Å². The molecule has 0 N–H and O–H groups in total. The molecule has 0 radical (unpaired) electrons. The lowest BCUT2D eigenvalue weighted by Gasteiger charge is -2.14. The predicted octanol–water partition coefficient (Wildman–Crippen LogP) is 0.916. The number of aryl methyl sites for hydroxylation is 1. The molecule has 1 saturated heterocycles. The van der Waals surface area contributed by atoms with Crippen LogP contribution in [-0.4, -0.2) is 31.7 Å². The van der Waals surface area contributed by atoms with Gasteiger partial charge in [-0.05, 0) is 6.42 Å². The lowest BCUT2D eigenvalue weighted by atomic mass is 10.4. The fraction of sp³-hybridized carbons (Fsp3) is 0.556. The lowest BCUT2D eigenvalue weighted by molar-refractivity contribution is -0.127. The van der Waals surface area contributed by atoms with E-state index in [1.165, 1.54) is 0 Å². The highest BCUT2D eigenvalue weighted by Gasteiger charge is 2.29. The summed E-state index contributed by atoms with van der Waals surface area (Å²) in [5.41, 5.74) is 0. The SMILES string of the molecule is Cn1ccnc1CN1CCC(Br)C1=O. The van der Waals surface area contributed by atoms with Crippen LogP contribution in [0.4, 0.5) is 0 Å². The average Bonchev–Trinajstić information content (AvgIpc) is 2.68. The van der Waals surface area contributed by atoms with E-state index in [2.05, 4.69) is 20.9 Å². The fourth-order valence-corrected chi connectivity index (χ4v) is 2.07. The van der Waals surface area contributed by atoms with Crippen LogP contribution >= 0.6 is 15.9 Å². The Bertz CT molecular complexity index is 350. The first-order chi connectivity index (χ1) is 6.68. The molecule has 4 nitrogen and oxygen atoms in total. The van der Waals surface area contributed by atoms with Gasteiger partial charge in [0, 0.05) is 26.0 Å². The molecule has 1 atom stereocenters. The predicted molar refractivity (Wildman–Crippen MR) is 56.0 cm³/mol. The first-order valence-corrected chi connectivity index (χ1v) is 5.49. The van der Waals surface area contributed by atoms with Crippen LogP contribution in [-0.2, 0) is 18.4 Å². The van der Waals surface area contributed by atoms with Crippen molar-refractivity contribution in [2.24, 2.45) is 7.05 Å². The number of halogens is 1. The maximum atomic E-state index is 11.6. The molecular weight excluding hydrogens is 246 g/mol. The molecule has 14 heavy (non-hydrogen) atoms. The highest BCUT2D eigenvalue weighted by molar-refractivity contribution is 9.10. The molecule has 0 saturated carbocycles. The van der Waals surface area contributed by atoms with Gasteiger partial charge in [-0.25, -0.2) is 4.98 Å². The summed E-state index contributed by atoms with van der Waals surface area (Å²) < 4.78 is 1.94. The minimum absolute atomic E-state index is 0.00256. The highest BCUT2D eigenvalue weighted by atomic mass is 79.9. The number of carbonyl (C=O) groups is 1. The third-order valence-corrected chi connectivity index (χ3v) is 3.33. The van der Waals surface area contributed by atoms with Gasteiger partial charge in [0.2, 0.25) is 5.91 Å². The smallest absolute Gasteiger partial charge is 0.236 e. The summed E-state index contributed by atoms with van der Waals surface area (Å²) in [6.07, 6.45) is 4.53. The van der Waals surface area contributed by atoms with Gasteiger partial charge in [0.25, 0.3) is 0 Å². The topological polar surface area (TPSA) is 38.1 Å². The molecule has 1 amide bonds. The Hall–Kier alpha value is -0.840. The molecule has 1 aliphatic rings. The number of likely N-dealkylation sites (tertiary alicyclic amines) is 1. The zero-order valence-electron chi connectivity index (χ0n) is 7.98. The summed E-state index contributed by atoms with van der Waals surface area (Å²) in [5, 5.41) is 0. The van der Waals surface area contributed by atoms with E-state index in [1.807, 2.05) is 22.7 Å². The summed E-state index contributed by atoms with van der Waals surface area (Å²) in [6, 6.07) is 0. The van der Waals surface area contributed by atoms with Crippen LogP contribution in [0.5, 0.6) is 0 Å². The number of aromatic nitrogens is 2. The molecule has 0 aromatic carbocycles. The largest absolute Gasteiger partial charge is 0.337 e. The second-order valence-corrected chi connectivity index (χ2v) is 4.58. The van der Waals surface area contributed by atoms with Gasteiger partial charge in [-0.15, -0.1) is 0 Å². The van der Waals surface area contributed by atoms with Gasteiger partial charge in [0.05, 0.1) is 11.4 Å². The molecule has 1 aromatic rings. The van der Waals surface area contributed by atoms with Crippen LogP contribution < -0.4 is 0 Å². The number of imidazole rings is 1. The molecule has 1 unspecified atom stereocenters. The van der Waals surface area contributed by atoms with Crippen molar-refractivity contribution in [2.45, 2.75) is 17.8 Å². The van der Waals surface area contributed by atoms with Crippen molar-refractivity contribution in [1.29, 1.82) is 0 Å². The molecule has 76 valence electrons. The molecule has 1 fully saturated rings. The molecular formula is C9H12BrN3O. The van der Waals surface area contributed by atoms with Crippen molar-refractivity contribution >= 4 is 21.8 Å². The van der Waals surface area contributed by atoms with Crippen molar-refractivity contribution in [1.82, 2.24) is 14.5 Å². The Balaban J connectivity index is 2.06. The average molecular weight is 258 g/mol. The molecule has 1 aliphatic heterocycles. The van der Waals surface area contributed by atoms with Crippen molar-refractivity contribution in [3.63, 3.8) is 0 Å². The highest BCUT2D eigenvalue weighted by Crippen LogP contribution is 2.19. The van der Waals surface area contributed by atoms with Gasteiger partial charge in [0.1, 0.15) is 5.82 Å². The number of hydrogen-bond donors (Lipinski definition) is 0. The second-order valence-electron chi connectivity index (χ2n) is 3.47. The number of carbonyl (C=O) groups excluding carboxylic acids is 1. The molecule has 1 aromatic heterocycles. The Morgan fingerprint density at radius 1 is 1.71 bits per heavy atom. The van der Waals surface area contributed by atoms with Crippen LogP contribution in [0, 0.1) is 0 Å². The number of amides is 1. The maximum absolute atomic E-state index is 11.6. The monoisotopic (exact) mass is 257 g/mol. The first-order valence-electron chi connectivity index (χ1n) is 4.57. The van der Waals surface area contributed by atoms with Gasteiger partial charge in [-0.3, -0.25) is 4.79 Å². The van der Waals surface area contributed by atoms with Crippen molar-refractivity contribution in [2.75, 3.05) is 6.54 Å². The number of rotatable bonds is 2. The quantitative estimate of drug-likeness (QED) is 0.740. The van der Waals surface area contributed by atoms with Crippen LogP contribution in [0.1, 0.15) is 12.2 Å². The van der Waals surface area contributed by atoms with Gasteiger partial charge in [-0.2, -0.15) is 0 Å². The molecule has 0 spiro atoms. The van der Waals surface area contributed by atoms with Gasteiger partial charge >= 0.3 is 0 Å². The van der Waals surface area contributed by atoms with Crippen molar-refractivity contribution in [3.8, 4) is 0 Å². The zero-order chi connectivity index (χ0) is 10.1. The Kier molecular flexibility index (Phi) is 2.58. The lowest BCUT2D eigenvalue weighted by Crippen LogP contribution is -2.28. The van der Waals surface area contributed by atoms with Crippen LogP contribution in [0.2, 0.25) is 0 Å². The fourth-order valence-electron chi connectivity index (χ4n) is 1.58. The summed E-state index contributed by atoms with van der Waals surface area (Å²) in [4.78, 5) is 17.6.